The molecule has 1 atom stereocenters. The third kappa shape index (κ3) is 3.52. The summed E-state index contributed by atoms with van der Waals surface area (Å²) in [5.74, 6) is 0. The van der Waals surface area contributed by atoms with Gasteiger partial charge in [0.25, 0.3) is 5.56 Å². The van der Waals surface area contributed by atoms with Crippen molar-refractivity contribution in [1.29, 1.82) is 0 Å². The van der Waals surface area contributed by atoms with Crippen molar-refractivity contribution in [3.63, 3.8) is 0 Å². The molecule has 0 bridgehead atoms. The molecule has 108 valence electrons. The van der Waals surface area contributed by atoms with Crippen LogP contribution < -0.4 is 16.6 Å². The predicted molar refractivity (Wildman–Crippen MR) is 71.0 cm³/mol. The molecule has 0 saturated heterocycles. The van der Waals surface area contributed by atoms with Crippen LogP contribution in [0, 0.1) is 0 Å². The number of hydrogen-bond acceptors (Lipinski definition) is 5. The Morgan fingerprint density at radius 3 is 2.37 bits per heavy atom. The molecule has 0 spiro atoms. The Balaban J connectivity index is 2.85. The number of nitrogens with one attached hydrogen (secondary N) is 1. The van der Waals surface area contributed by atoms with Gasteiger partial charge in [0.2, 0.25) is 0 Å². The molecular formula is C12H21N3O4. The Morgan fingerprint density at radius 2 is 1.84 bits per heavy atom. The first-order valence-corrected chi connectivity index (χ1v) is 5.96. The monoisotopic (exact) mass is 271 g/mol. The second-order valence-electron chi connectivity index (χ2n) is 4.42. The molecule has 0 fully saturated rings. The van der Waals surface area contributed by atoms with Gasteiger partial charge in [-0.2, -0.15) is 0 Å². The Kier molecular flexibility index (Phi) is 5.46. The van der Waals surface area contributed by atoms with Gasteiger partial charge in [-0.3, -0.25) is 9.36 Å². The first kappa shape index (κ1) is 15.6. The molecular weight excluding hydrogens is 250 g/mol. The number of aromatic nitrogens is 2. The van der Waals surface area contributed by atoms with E-state index in [2.05, 4.69) is 5.32 Å². The topological polar surface area (TPSA) is 74.5 Å². The summed E-state index contributed by atoms with van der Waals surface area (Å²) >= 11 is 0. The van der Waals surface area contributed by atoms with Gasteiger partial charge in [-0.15, -0.1) is 0 Å². The fraction of sp³-hybridized carbons (Fsp3) is 0.667. The second kappa shape index (κ2) is 6.65. The van der Waals surface area contributed by atoms with Gasteiger partial charge < -0.3 is 19.4 Å². The Labute approximate surface area is 111 Å². The summed E-state index contributed by atoms with van der Waals surface area (Å²) in [6.07, 6.45) is 1.15. The maximum atomic E-state index is 11.9. The van der Waals surface area contributed by atoms with Crippen LogP contribution >= 0.6 is 0 Å². The number of aryl methyl sites for hydroxylation is 1. The van der Waals surface area contributed by atoms with E-state index >= 15 is 0 Å². The molecule has 7 heteroatoms. The first-order chi connectivity index (χ1) is 8.92. The van der Waals surface area contributed by atoms with E-state index in [-0.39, 0.29) is 17.3 Å². The van der Waals surface area contributed by atoms with Gasteiger partial charge in [0.15, 0.2) is 6.29 Å². The van der Waals surface area contributed by atoms with Crippen LogP contribution in [0.4, 0.5) is 0 Å². The molecule has 1 rings (SSSR count). The zero-order valence-electron chi connectivity index (χ0n) is 12.0. The van der Waals surface area contributed by atoms with E-state index in [9.17, 15) is 9.59 Å². The van der Waals surface area contributed by atoms with Crippen LogP contribution in [0.15, 0.2) is 15.8 Å². The lowest BCUT2D eigenvalue weighted by molar-refractivity contribution is -0.119. The van der Waals surface area contributed by atoms with Crippen LogP contribution in [0.2, 0.25) is 0 Å². The lowest BCUT2D eigenvalue weighted by Gasteiger charge is -2.22. The highest BCUT2D eigenvalue weighted by Gasteiger charge is 2.16. The molecule has 0 radical (unpaired) electrons. The minimum atomic E-state index is -0.392. The van der Waals surface area contributed by atoms with E-state index in [1.807, 2.05) is 6.92 Å². The van der Waals surface area contributed by atoms with Gasteiger partial charge in [-0.25, -0.2) is 4.79 Å². The lowest BCUT2D eigenvalue weighted by atomic mass is 10.2. The largest absolute Gasteiger partial charge is 0.354 e. The second-order valence-corrected chi connectivity index (χ2v) is 4.42. The van der Waals surface area contributed by atoms with E-state index in [1.54, 1.807) is 27.5 Å². The molecule has 1 unspecified atom stereocenters. The first-order valence-electron chi connectivity index (χ1n) is 5.96. The number of hydrogen-bond donors (Lipinski definition) is 1. The van der Waals surface area contributed by atoms with Gasteiger partial charge in [0, 0.05) is 46.6 Å². The van der Waals surface area contributed by atoms with Crippen LogP contribution in [0.5, 0.6) is 0 Å². The molecule has 1 N–H and O–H groups in total. The Morgan fingerprint density at radius 1 is 1.26 bits per heavy atom. The molecule has 1 aromatic rings. The highest BCUT2D eigenvalue weighted by atomic mass is 16.7. The zero-order chi connectivity index (χ0) is 14.6. The summed E-state index contributed by atoms with van der Waals surface area (Å²) in [4.78, 5) is 23.5. The van der Waals surface area contributed by atoms with Crippen molar-refractivity contribution >= 4 is 0 Å². The maximum Gasteiger partial charge on any atom is 0.330 e. The zero-order valence-corrected chi connectivity index (χ0v) is 12.0. The van der Waals surface area contributed by atoms with Crippen molar-refractivity contribution in [3.8, 4) is 0 Å². The van der Waals surface area contributed by atoms with E-state index in [4.69, 9.17) is 9.47 Å². The van der Waals surface area contributed by atoms with Crippen LogP contribution in [-0.4, -0.2) is 35.7 Å². The molecule has 7 nitrogen and oxygen atoms in total. The molecule has 0 aliphatic heterocycles. The van der Waals surface area contributed by atoms with Crippen molar-refractivity contribution < 1.29 is 9.47 Å². The number of ether oxygens (including phenoxy) is 2. The molecule has 19 heavy (non-hydrogen) atoms. The molecule has 1 aromatic heterocycles. The van der Waals surface area contributed by atoms with Gasteiger partial charge >= 0.3 is 5.69 Å². The van der Waals surface area contributed by atoms with Gasteiger partial charge in [0.05, 0.1) is 6.04 Å². The number of methoxy groups -OCH3 is 2. The predicted octanol–water partition coefficient (Wildman–Crippen LogP) is -0.819. The third-order valence-corrected chi connectivity index (χ3v) is 3.00. The van der Waals surface area contributed by atoms with E-state index in [0.29, 0.717) is 12.1 Å². The lowest BCUT2D eigenvalue weighted by Crippen LogP contribution is -2.43. The van der Waals surface area contributed by atoms with Crippen LogP contribution in [0.3, 0.4) is 0 Å². The van der Waals surface area contributed by atoms with Gasteiger partial charge in [0.1, 0.15) is 0 Å². The standard InChI is InChI=1S/C12H21N3O4/c1-8(11(18-4)19-5)13-6-9-7-14(2)12(17)15(3)10(9)16/h7-8,11,13H,6H2,1-5H3. The van der Waals surface area contributed by atoms with Crippen LogP contribution in [-0.2, 0) is 30.1 Å². The van der Waals surface area contributed by atoms with Crippen molar-refractivity contribution in [3.05, 3.63) is 32.6 Å². The number of rotatable bonds is 6. The van der Waals surface area contributed by atoms with Crippen LogP contribution in [0.25, 0.3) is 0 Å². The number of nitrogens with zero attached hydrogens (tertiary/aromatic N) is 2. The van der Waals surface area contributed by atoms with E-state index in [0.717, 1.165) is 4.57 Å². The minimum absolute atomic E-state index is 0.0862. The van der Waals surface area contributed by atoms with E-state index < -0.39 is 6.29 Å². The molecule has 0 aromatic carbocycles. The summed E-state index contributed by atoms with van der Waals surface area (Å²) < 4.78 is 12.7. The Hall–Kier alpha value is -1.44. The molecule has 1 heterocycles. The smallest absolute Gasteiger partial charge is 0.330 e. The average molecular weight is 271 g/mol. The maximum absolute atomic E-state index is 11.9. The van der Waals surface area contributed by atoms with Crippen LogP contribution in [0.1, 0.15) is 12.5 Å². The highest BCUT2D eigenvalue weighted by Crippen LogP contribution is 1.99. The van der Waals surface area contributed by atoms with E-state index in [1.165, 1.54) is 11.6 Å². The Bertz CT molecular complexity index is 531. The molecule has 0 aliphatic rings. The van der Waals surface area contributed by atoms with Crippen molar-refractivity contribution in [2.75, 3.05) is 14.2 Å². The molecule has 0 amide bonds. The SMILES string of the molecule is COC(OC)C(C)NCc1cn(C)c(=O)n(C)c1=O. The van der Waals surface area contributed by atoms with Gasteiger partial charge in [-0.1, -0.05) is 0 Å². The molecule has 0 aliphatic carbocycles. The quantitative estimate of drug-likeness (QED) is 0.684. The molecule has 0 saturated carbocycles. The van der Waals surface area contributed by atoms with Crippen molar-refractivity contribution in [1.82, 2.24) is 14.5 Å². The summed E-state index contributed by atoms with van der Waals surface area (Å²) in [7, 11) is 6.18. The third-order valence-electron chi connectivity index (χ3n) is 3.00. The van der Waals surface area contributed by atoms with Gasteiger partial charge in [-0.05, 0) is 6.92 Å². The summed E-state index contributed by atoms with van der Waals surface area (Å²) in [6.45, 7) is 2.23. The van der Waals surface area contributed by atoms with Crippen molar-refractivity contribution in [2.24, 2.45) is 14.1 Å². The summed E-state index contributed by atoms with van der Waals surface area (Å²) in [5.41, 5.74) is -0.120. The average Bonchev–Trinajstić information content (AvgIpc) is 2.40. The fourth-order valence-corrected chi connectivity index (χ4v) is 1.88. The highest BCUT2D eigenvalue weighted by molar-refractivity contribution is 5.05. The minimum Gasteiger partial charge on any atom is -0.354 e. The normalized spacial score (nSPS) is 12.9. The summed E-state index contributed by atoms with van der Waals surface area (Å²) in [5, 5.41) is 3.14. The van der Waals surface area contributed by atoms with Crippen molar-refractivity contribution in [2.45, 2.75) is 25.8 Å². The fourth-order valence-electron chi connectivity index (χ4n) is 1.88. The summed E-state index contributed by atoms with van der Waals surface area (Å²) in [6, 6.07) is -0.0862.